The molecule has 94 valence electrons. The van der Waals surface area contributed by atoms with E-state index in [1.807, 2.05) is 38.1 Å². The number of anilines is 3. The Morgan fingerprint density at radius 1 is 0.944 bits per heavy atom. The number of halogens is 2. The van der Waals surface area contributed by atoms with Crippen molar-refractivity contribution in [2.75, 3.05) is 11.1 Å². The highest BCUT2D eigenvalue weighted by molar-refractivity contribution is 6.35. The van der Waals surface area contributed by atoms with Crippen LogP contribution in [-0.2, 0) is 0 Å². The molecule has 2 aromatic carbocycles. The summed E-state index contributed by atoms with van der Waals surface area (Å²) in [4.78, 5) is 0. The maximum atomic E-state index is 6.18. The summed E-state index contributed by atoms with van der Waals surface area (Å²) in [6.07, 6.45) is 0. The minimum atomic E-state index is 0.623. The molecule has 0 aliphatic heterocycles. The Bertz CT molecular complexity index is 595. The number of aryl methyl sites for hydroxylation is 2. The standard InChI is InChI=1S/C14H14Cl2N2/c1-8-4-3-5-12(14(8)17)18-13-7-10(15)9(2)6-11(13)16/h3-7,18H,17H2,1-2H3. The summed E-state index contributed by atoms with van der Waals surface area (Å²) < 4.78 is 0. The lowest BCUT2D eigenvalue weighted by Crippen LogP contribution is -1.99. The molecule has 0 heterocycles. The summed E-state index contributed by atoms with van der Waals surface area (Å²) in [5.74, 6) is 0. The Hall–Kier alpha value is -1.38. The van der Waals surface area contributed by atoms with Gasteiger partial charge >= 0.3 is 0 Å². The molecule has 0 aliphatic carbocycles. The molecule has 18 heavy (non-hydrogen) atoms. The van der Waals surface area contributed by atoms with Crippen molar-refractivity contribution in [1.29, 1.82) is 0 Å². The number of nitrogens with one attached hydrogen (secondary N) is 1. The molecule has 0 saturated heterocycles. The molecular formula is C14H14Cl2N2. The van der Waals surface area contributed by atoms with E-state index in [-0.39, 0.29) is 0 Å². The van der Waals surface area contributed by atoms with Crippen LogP contribution in [0.3, 0.4) is 0 Å². The van der Waals surface area contributed by atoms with E-state index >= 15 is 0 Å². The smallest absolute Gasteiger partial charge is 0.0644 e. The van der Waals surface area contributed by atoms with Crippen LogP contribution in [0, 0.1) is 13.8 Å². The van der Waals surface area contributed by atoms with Crippen LogP contribution < -0.4 is 11.1 Å². The van der Waals surface area contributed by atoms with Gasteiger partial charge in [0.25, 0.3) is 0 Å². The summed E-state index contributed by atoms with van der Waals surface area (Å²) in [5, 5.41) is 4.51. The maximum absolute atomic E-state index is 6.18. The first-order valence-electron chi connectivity index (χ1n) is 5.57. The second-order valence-corrected chi connectivity index (χ2v) is 5.06. The number of benzene rings is 2. The van der Waals surface area contributed by atoms with Crippen LogP contribution in [0.1, 0.15) is 11.1 Å². The first kappa shape index (κ1) is 13.1. The number of nitrogens with two attached hydrogens (primary N) is 1. The third-order valence-corrected chi connectivity index (χ3v) is 3.56. The summed E-state index contributed by atoms with van der Waals surface area (Å²) in [6, 6.07) is 9.45. The number of hydrogen-bond acceptors (Lipinski definition) is 2. The molecule has 0 saturated carbocycles. The average molecular weight is 281 g/mol. The van der Waals surface area contributed by atoms with Crippen molar-refractivity contribution in [2.24, 2.45) is 0 Å². The molecule has 0 unspecified atom stereocenters. The average Bonchev–Trinajstić information content (AvgIpc) is 2.32. The zero-order chi connectivity index (χ0) is 13.3. The quantitative estimate of drug-likeness (QED) is 0.765. The highest BCUT2D eigenvalue weighted by Gasteiger charge is 2.07. The van der Waals surface area contributed by atoms with Crippen LogP contribution >= 0.6 is 23.2 Å². The molecule has 2 aromatic rings. The lowest BCUT2D eigenvalue weighted by Gasteiger charge is -2.13. The zero-order valence-corrected chi connectivity index (χ0v) is 11.7. The largest absolute Gasteiger partial charge is 0.397 e. The van der Waals surface area contributed by atoms with E-state index in [1.165, 1.54) is 0 Å². The fourth-order valence-electron chi connectivity index (χ4n) is 1.68. The predicted molar refractivity (Wildman–Crippen MR) is 80.1 cm³/mol. The van der Waals surface area contributed by atoms with Crippen LogP contribution in [0.2, 0.25) is 10.0 Å². The third-order valence-electron chi connectivity index (χ3n) is 2.84. The first-order valence-corrected chi connectivity index (χ1v) is 6.32. The van der Waals surface area contributed by atoms with Gasteiger partial charge in [0, 0.05) is 5.02 Å². The van der Waals surface area contributed by atoms with E-state index < -0.39 is 0 Å². The molecule has 4 heteroatoms. The van der Waals surface area contributed by atoms with E-state index in [9.17, 15) is 0 Å². The van der Waals surface area contributed by atoms with Gasteiger partial charge in [-0.1, -0.05) is 35.3 Å². The van der Waals surface area contributed by atoms with Crippen molar-refractivity contribution >= 4 is 40.3 Å². The van der Waals surface area contributed by atoms with Crippen LogP contribution in [0.25, 0.3) is 0 Å². The van der Waals surface area contributed by atoms with E-state index in [1.54, 1.807) is 6.07 Å². The van der Waals surface area contributed by atoms with Crippen molar-refractivity contribution in [3.63, 3.8) is 0 Å². The van der Waals surface area contributed by atoms with Crippen LogP contribution in [0.4, 0.5) is 17.1 Å². The molecule has 3 N–H and O–H groups in total. The zero-order valence-electron chi connectivity index (χ0n) is 10.2. The van der Waals surface area contributed by atoms with E-state index in [0.29, 0.717) is 15.7 Å². The summed E-state index contributed by atoms with van der Waals surface area (Å²) in [6.45, 7) is 3.88. The second kappa shape index (κ2) is 5.09. The monoisotopic (exact) mass is 280 g/mol. The molecule has 0 aromatic heterocycles. The lowest BCUT2D eigenvalue weighted by atomic mass is 10.1. The molecule has 0 radical (unpaired) electrons. The maximum Gasteiger partial charge on any atom is 0.0644 e. The molecule has 0 spiro atoms. The highest BCUT2D eigenvalue weighted by atomic mass is 35.5. The van der Waals surface area contributed by atoms with E-state index in [2.05, 4.69) is 5.32 Å². The van der Waals surface area contributed by atoms with Crippen molar-refractivity contribution in [3.8, 4) is 0 Å². The van der Waals surface area contributed by atoms with Crippen molar-refractivity contribution in [2.45, 2.75) is 13.8 Å². The molecule has 2 rings (SSSR count). The fourth-order valence-corrected chi connectivity index (χ4v) is 2.11. The number of nitrogen functional groups attached to an aromatic ring is 1. The van der Waals surface area contributed by atoms with Crippen molar-refractivity contribution in [1.82, 2.24) is 0 Å². The Kier molecular flexibility index (Phi) is 3.69. The fraction of sp³-hybridized carbons (Fsp3) is 0.143. The summed E-state index contributed by atoms with van der Waals surface area (Å²) >= 11 is 12.3. The van der Waals surface area contributed by atoms with Crippen LogP contribution in [-0.4, -0.2) is 0 Å². The van der Waals surface area contributed by atoms with Gasteiger partial charge in [-0.05, 0) is 43.2 Å². The summed E-state index contributed by atoms with van der Waals surface area (Å²) in [7, 11) is 0. The normalized spacial score (nSPS) is 10.4. The van der Waals surface area contributed by atoms with Crippen molar-refractivity contribution in [3.05, 3.63) is 51.5 Å². The van der Waals surface area contributed by atoms with Gasteiger partial charge in [0.05, 0.1) is 22.1 Å². The number of para-hydroxylation sites is 1. The number of rotatable bonds is 2. The highest BCUT2D eigenvalue weighted by Crippen LogP contribution is 2.33. The molecule has 0 fully saturated rings. The SMILES string of the molecule is Cc1cc(Cl)c(Nc2cccc(C)c2N)cc1Cl. The Morgan fingerprint density at radius 2 is 1.67 bits per heavy atom. The predicted octanol–water partition coefficient (Wildman–Crippen LogP) is 4.94. The molecule has 0 bridgehead atoms. The second-order valence-electron chi connectivity index (χ2n) is 4.24. The molecular weight excluding hydrogens is 267 g/mol. The van der Waals surface area contributed by atoms with Gasteiger partial charge in [-0.3, -0.25) is 0 Å². The topological polar surface area (TPSA) is 38.0 Å². The Morgan fingerprint density at radius 3 is 2.39 bits per heavy atom. The van der Waals surface area contributed by atoms with Crippen LogP contribution in [0.15, 0.2) is 30.3 Å². The molecule has 2 nitrogen and oxygen atoms in total. The van der Waals surface area contributed by atoms with E-state index in [4.69, 9.17) is 28.9 Å². The molecule has 0 aliphatic rings. The van der Waals surface area contributed by atoms with E-state index in [0.717, 1.165) is 22.5 Å². The van der Waals surface area contributed by atoms with Gasteiger partial charge in [0.15, 0.2) is 0 Å². The molecule has 0 amide bonds. The van der Waals surface area contributed by atoms with Gasteiger partial charge in [-0.15, -0.1) is 0 Å². The van der Waals surface area contributed by atoms with Gasteiger partial charge in [0.1, 0.15) is 0 Å². The first-order chi connectivity index (χ1) is 8.49. The molecule has 0 atom stereocenters. The van der Waals surface area contributed by atoms with Crippen molar-refractivity contribution < 1.29 is 0 Å². The Labute approximate surface area is 117 Å². The minimum absolute atomic E-state index is 0.623. The van der Waals surface area contributed by atoms with Gasteiger partial charge in [0.2, 0.25) is 0 Å². The number of hydrogen-bond donors (Lipinski definition) is 2. The van der Waals surface area contributed by atoms with Gasteiger partial charge < -0.3 is 11.1 Å². The van der Waals surface area contributed by atoms with Crippen LogP contribution in [0.5, 0.6) is 0 Å². The Balaban J connectivity index is 2.40. The minimum Gasteiger partial charge on any atom is -0.397 e. The van der Waals surface area contributed by atoms with Gasteiger partial charge in [-0.2, -0.15) is 0 Å². The summed E-state index contributed by atoms with van der Waals surface area (Å²) in [5.41, 5.74) is 10.3. The van der Waals surface area contributed by atoms with Gasteiger partial charge in [-0.25, -0.2) is 0 Å². The third kappa shape index (κ3) is 2.55. The lowest BCUT2D eigenvalue weighted by molar-refractivity contribution is 1.43.